The molecule has 0 aromatic carbocycles. The third-order valence-electron chi connectivity index (χ3n) is 2.02. The minimum atomic E-state index is -0.0419. The number of thiocarbonyl (C=S) groups is 1. The molecule has 0 bridgehead atoms. The maximum absolute atomic E-state index is 11.0. The molecule has 1 aromatic heterocycles. The number of rotatable bonds is 5. The number of carbonyl (C=O) groups is 1. The van der Waals surface area contributed by atoms with E-state index in [0.29, 0.717) is 24.6 Å². The van der Waals surface area contributed by atoms with Crippen molar-refractivity contribution >= 4 is 29.1 Å². The van der Waals surface area contributed by atoms with Gasteiger partial charge >= 0.3 is 0 Å². The number of amides is 1. The SMILES string of the molecule is CNC(=O)CCNc1nc(C)cc(C(N)=S)n1. The Labute approximate surface area is 105 Å². The molecule has 0 spiro atoms. The van der Waals surface area contributed by atoms with Crippen molar-refractivity contribution in [2.75, 3.05) is 18.9 Å². The van der Waals surface area contributed by atoms with Crippen LogP contribution in [0.1, 0.15) is 17.8 Å². The van der Waals surface area contributed by atoms with E-state index in [4.69, 9.17) is 18.0 Å². The van der Waals surface area contributed by atoms with Crippen molar-refractivity contribution in [1.29, 1.82) is 0 Å². The van der Waals surface area contributed by atoms with Gasteiger partial charge in [0.1, 0.15) is 10.7 Å². The maximum atomic E-state index is 11.0. The van der Waals surface area contributed by atoms with Gasteiger partial charge in [0.15, 0.2) is 0 Å². The molecule has 7 heteroatoms. The van der Waals surface area contributed by atoms with E-state index in [1.165, 1.54) is 0 Å². The molecule has 0 aliphatic heterocycles. The van der Waals surface area contributed by atoms with Crippen molar-refractivity contribution in [3.63, 3.8) is 0 Å². The summed E-state index contributed by atoms with van der Waals surface area (Å²) in [6.07, 6.45) is 0.357. The first-order valence-electron chi connectivity index (χ1n) is 5.13. The van der Waals surface area contributed by atoms with Crippen LogP contribution in [0.2, 0.25) is 0 Å². The van der Waals surface area contributed by atoms with E-state index in [1.54, 1.807) is 13.1 Å². The zero-order chi connectivity index (χ0) is 12.8. The normalized spacial score (nSPS) is 9.76. The van der Waals surface area contributed by atoms with E-state index in [1.807, 2.05) is 6.92 Å². The second-order valence-corrected chi connectivity index (χ2v) is 3.87. The van der Waals surface area contributed by atoms with Crippen LogP contribution in [0.5, 0.6) is 0 Å². The van der Waals surface area contributed by atoms with Crippen LogP contribution < -0.4 is 16.4 Å². The molecule has 1 aromatic rings. The molecular formula is C10H15N5OS. The fraction of sp³-hybridized carbons (Fsp3) is 0.400. The molecule has 1 rings (SSSR count). The van der Waals surface area contributed by atoms with Crippen molar-refractivity contribution in [2.45, 2.75) is 13.3 Å². The summed E-state index contributed by atoms with van der Waals surface area (Å²) < 4.78 is 0. The summed E-state index contributed by atoms with van der Waals surface area (Å²) in [5.74, 6) is 0.386. The number of aromatic nitrogens is 2. The van der Waals surface area contributed by atoms with Gasteiger partial charge in [-0.1, -0.05) is 12.2 Å². The van der Waals surface area contributed by atoms with Crippen molar-refractivity contribution < 1.29 is 4.79 Å². The standard InChI is InChI=1S/C10H15N5OS/c1-6-5-7(9(11)17)15-10(14-6)13-4-3-8(16)12-2/h5H,3-4H2,1-2H3,(H2,11,17)(H,12,16)(H,13,14,15). The summed E-state index contributed by atoms with van der Waals surface area (Å²) in [7, 11) is 1.59. The third kappa shape index (κ3) is 4.31. The Morgan fingerprint density at radius 3 is 2.82 bits per heavy atom. The monoisotopic (exact) mass is 253 g/mol. The van der Waals surface area contributed by atoms with Gasteiger partial charge in [0.2, 0.25) is 11.9 Å². The zero-order valence-corrected chi connectivity index (χ0v) is 10.6. The molecule has 1 amide bonds. The van der Waals surface area contributed by atoms with Crippen LogP contribution in [0.25, 0.3) is 0 Å². The summed E-state index contributed by atoms with van der Waals surface area (Å²) in [6.45, 7) is 2.29. The van der Waals surface area contributed by atoms with E-state index in [0.717, 1.165) is 5.69 Å². The summed E-state index contributed by atoms with van der Waals surface area (Å²) >= 11 is 4.85. The quantitative estimate of drug-likeness (QED) is 0.638. The lowest BCUT2D eigenvalue weighted by Gasteiger charge is -2.06. The Hall–Kier alpha value is -1.76. The predicted molar refractivity (Wildman–Crippen MR) is 69.8 cm³/mol. The molecule has 6 nitrogen and oxygen atoms in total. The van der Waals surface area contributed by atoms with E-state index in [9.17, 15) is 4.79 Å². The lowest BCUT2D eigenvalue weighted by molar-refractivity contribution is -0.120. The van der Waals surface area contributed by atoms with Gasteiger partial charge in [0, 0.05) is 25.7 Å². The lowest BCUT2D eigenvalue weighted by Crippen LogP contribution is -2.21. The average Bonchev–Trinajstić information content (AvgIpc) is 2.28. The number of hydrogen-bond acceptors (Lipinski definition) is 5. The topological polar surface area (TPSA) is 92.9 Å². The van der Waals surface area contributed by atoms with Gasteiger partial charge in [-0.2, -0.15) is 0 Å². The molecule has 0 saturated heterocycles. The van der Waals surface area contributed by atoms with Gasteiger partial charge in [-0.3, -0.25) is 4.79 Å². The number of anilines is 1. The minimum absolute atomic E-state index is 0.0419. The number of hydrogen-bond donors (Lipinski definition) is 3. The number of carbonyl (C=O) groups excluding carboxylic acids is 1. The van der Waals surface area contributed by atoms with Gasteiger partial charge in [0.05, 0.1) is 0 Å². The second-order valence-electron chi connectivity index (χ2n) is 3.43. The molecule has 0 radical (unpaired) electrons. The number of nitrogens with zero attached hydrogens (tertiary/aromatic N) is 2. The largest absolute Gasteiger partial charge is 0.388 e. The summed E-state index contributed by atoms with van der Waals surface area (Å²) in [4.78, 5) is 19.5. The van der Waals surface area contributed by atoms with Crippen molar-refractivity contribution in [3.05, 3.63) is 17.5 Å². The van der Waals surface area contributed by atoms with Gasteiger partial charge < -0.3 is 16.4 Å². The number of nitrogens with two attached hydrogens (primary N) is 1. The van der Waals surface area contributed by atoms with Crippen LogP contribution in [0, 0.1) is 6.92 Å². The fourth-order valence-electron chi connectivity index (χ4n) is 1.19. The van der Waals surface area contributed by atoms with Crippen molar-refractivity contribution in [3.8, 4) is 0 Å². The Balaban J connectivity index is 2.65. The van der Waals surface area contributed by atoms with Gasteiger partial charge in [-0.05, 0) is 13.0 Å². The Morgan fingerprint density at radius 2 is 2.24 bits per heavy atom. The van der Waals surface area contributed by atoms with Gasteiger partial charge in [-0.15, -0.1) is 0 Å². The highest BCUT2D eigenvalue weighted by Crippen LogP contribution is 2.04. The minimum Gasteiger partial charge on any atom is -0.388 e. The van der Waals surface area contributed by atoms with Crippen molar-refractivity contribution in [2.24, 2.45) is 5.73 Å². The Morgan fingerprint density at radius 1 is 1.53 bits per heavy atom. The molecule has 92 valence electrons. The van der Waals surface area contributed by atoms with Gasteiger partial charge in [0.25, 0.3) is 0 Å². The van der Waals surface area contributed by atoms with E-state index in [2.05, 4.69) is 20.6 Å². The number of nitrogens with one attached hydrogen (secondary N) is 2. The molecule has 0 aliphatic rings. The van der Waals surface area contributed by atoms with Crippen molar-refractivity contribution in [1.82, 2.24) is 15.3 Å². The summed E-state index contributed by atoms with van der Waals surface area (Å²) in [6, 6.07) is 1.71. The third-order valence-corrected chi connectivity index (χ3v) is 2.23. The highest BCUT2D eigenvalue weighted by atomic mass is 32.1. The van der Waals surface area contributed by atoms with E-state index >= 15 is 0 Å². The van der Waals surface area contributed by atoms with E-state index in [-0.39, 0.29) is 10.9 Å². The van der Waals surface area contributed by atoms with Crippen LogP contribution in [-0.2, 0) is 4.79 Å². The smallest absolute Gasteiger partial charge is 0.223 e. The summed E-state index contributed by atoms with van der Waals surface area (Å²) in [5, 5.41) is 5.48. The highest BCUT2D eigenvalue weighted by molar-refractivity contribution is 7.80. The first kappa shape index (κ1) is 13.3. The molecule has 0 atom stereocenters. The van der Waals surface area contributed by atoms with Crippen LogP contribution in [0.4, 0.5) is 5.95 Å². The molecule has 0 aliphatic carbocycles. The highest BCUT2D eigenvalue weighted by Gasteiger charge is 2.04. The molecule has 1 heterocycles. The first-order chi connectivity index (χ1) is 8.02. The van der Waals surface area contributed by atoms with Gasteiger partial charge in [-0.25, -0.2) is 9.97 Å². The molecule has 0 saturated carbocycles. The van der Waals surface area contributed by atoms with Crippen LogP contribution in [-0.4, -0.2) is 34.5 Å². The van der Waals surface area contributed by atoms with Crippen LogP contribution in [0.3, 0.4) is 0 Å². The van der Waals surface area contributed by atoms with Crippen LogP contribution in [0.15, 0.2) is 6.07 Å². The average molecular weight is 253 g/mol. The Kier molecular flexibility index (Phi) is 4.77. The molecular weight excluding hydrogens is 238 g/mol. The second kappa shape index (κ2) is 6.09. The predicted octanol–water partition coefficient (Wildman–Crippen LogP) is -0.0328. The molecule has 4 N–H and O–H groups in total. The maximum Gasteiger partial charge on any atom is 0.223 e. The Bertz CT molecular complexity index is 435. The molecule has 0 fully saturated rings. The van der Waals surface area contributed by atoms with E-state index < -0.39 is 0 Å². The summed E-state index contributed by atoms with van der Waals surface area (Å²) in [5.41, 5.74) is 6.79. The molecule has 0 unspecified atom stereocenters. The number of aryl methyl sites for hydroxylation is 1. The van der Waals surface area contributed by atoms with Crippen LogP contribution >= 0.6 is 12.2 Å². The lowest BCUT2D eigenvalue weighted by atomic mass is 10.3. The first-order valence-corrected chi connectivity index (χ1v) is 5.53. The zero-order valence-electron chi connectivity index (χ0n) is 9.78. The fourth-order valence-corrected chi connectivity index (χ4v) is 1.29. The molecule has 17 heavy (non-hydrogen) atoms.